The van der Waals surface area contributed by atoms with Crippen molar-refractivity contribution in [3.05, 3.63) is 95.6 Å². The maximum atomic E-state index is 12.1. The fourth-order valence-electron chi connectivity index (χ4n) is 3.33. The Labute approximate surface area is 184 Å². The number of benzene rings is 3. The molecule has 0 aliphatic carbocycles. The van der Waals surface area contributed by atoms with Gasteiger partial charge in [0.2, 0.25) is 0 Å². The molecule has 0 aliphatic rings. The summed E-state index contributed by atoms with van der Waals surface area (Å²) >= 11 is 0. The number of unbranched alkanes of at least 4 members (excludes halogenated alkanes) is 3. The first-order valence-corrected chi connectivity index (χ1v) is 10.8. The summed E-state index contributed by atoms with van der Waals surface area (Å²) in [7, 11) is 0. The van der Waals surface area contributed by atoms with Crippen molar-refractivity contribution >= 4 is 23.2 Å². The zero-order chi connectivity index (χ0) is 21.9. The van der Waals surface area contributed by atoms with Crippen LogP contribution in [0.1, 0.15) is 47.2 Å². The third-order valence-corrected chi connectivity index (χ3v) is 5.12. The summed E-state index contributed by atoms with van der Waals surface area (Å²) in [6, 6.07) is 23.1. The number of ether oxygens (including phenoxy) is 1. The highest BCUT2D eigenvalue weighted by molar-refractivity contribution is 6.06. The first-order valence-electron chi connectivity index (χ1n) is 10.8. The molecule has 3 rings (SSSR count). The van der Waals surface area contributed by atoms with E-state index in [0.717, 1.165) is 37.7 Å². The molecule has 0 spiro atoms. The van der Waals surface area contributed by atoms with E-state index in [1.54, 1.807) is 18.2 Å². The Hall–Kier alpha value is -3.53. The Bertz CT molecular complexity index is 996. The number of carbonyl (C=O) groups excluding carboxylic acids is 1. The molecule has 0 heterocycles. The molecule has 0 aromatic heterocycles. The number of allylic oxidation sites excluding steroid dienone is 1. The van der Waals surface area contributed by atoms with Crippen LogP contribution in [0.3, 0.4) is 0 Å². The van der Waals surface area contributed by atoms with Gasteiger partial charge in [-0.3, -0.25) is 4.79 Å². The summed E-state index contributed by atoms with van der Waals surface area (Å²) < 4.78 is 5.73. The van der Waals surface area contributed by atoms with Crippen molar-refractivity contribution < 1.29 is 9.53 Å². The van der Waals surface area contributed by atoms with Crippen LogP contribution in [0.2, 0.25) is 0 Å². The van der Waals surface area contributed by atoms with E-state index in [1.807, 2.05) is 42.5 Å². The molecule has 0 amide bonds. The molecule has 0 saturated heterocycles. The molecule has 31 heavy (non-hydrogen) atoms. The lowest BCUT2D eigenvalue weighted by atomic mass is 10.0. The molecule has 0 atom stereocenters. The van der Waals surface area contributed by atoms with E-state index in [0.29, 0.717) is 29.3 Å². The summed E-state index contributed by atoms with van der Waals surface area (Å²) in [5, 5.41) is 0. The number of nitrogen functional groups attached to an aromatic ring is 2. The van der Waals surface area contributed by atoms with Crippen LogP contribution < -0.4 is 16.2 Å². The van der Waals surface area contributed by atoms with Gasteiger partial charge in [0.1, 0.15) is 5.75 Å². The third-order valence-electron chi connectivity index (χ3n) is 5.12. The molecular formula is C27H30N2O2. The fraction of sp³-hybridized carbons (Fsp3) is 0.222. The van der Waals surface area contributed by atoms with Gasteiger partial charge in [-0.05, 0) is 54.7 Å². The van der Waals surface area contributed by atoms with Crippen molar-refractivity contribution in [1.82, 2.24) is 0 Å². The standard InChI is InChI=1S/C27H30N2O2/c28-24-16-18-27(25(29)20-24)31-19-7-2-1-4-8-21-11-13-22(14-12-21)15-17-26(30)23-9-5-3-6-10-23/h3,5-6,9-18,20H,1-2,4,7-8,19,28-29H2. The number of rotatable bonds is 11. The maximum absolute atomic E-state index is 12.1. The highest BCUT2D eigenvalue weighted by Crippen LogP contribution is 2.23. The number of ketones is 1. The summed E-state index contributed by atoms with van der Waals surface area (Å²) in [6.45, 7) is 0.664. The first-order chi connectivity index (χ1) is 15.1. The van der Waals surface area contributed by atoms with E-state index < -0.39 is 0 Å². The quantitative estimate of drug-likeness (QED) is 0.176. The number of anilines is 2. The average Bonchev–Trinajstić information content (AvgIpc) is 2.79. The number of nitrogens with two attached hydrogens (primary N) is 2. The molecule has 0 aliphatic heterocycles. The Kier molecular flexibility index (Phi) is 8.29. The SMILES string of the molecule is Nc1ccc(OCCCCCCc2ccc(C=CC(=O)c3ccccc3)cc2)c(N)c1. The van der Waals surface area contributed by atoms with Crippen LogP contribution in [-0.4, -0.2) is 12.4 Å². The van der Waals surface area contributed by atoms with Crippen molar-refractivity contribution in [2.75, 3.05) is 18.1 Å². The van der Waals surface area contributed by atoms with E-state index in [4.69, 9.17) is 16.2 Å². The van der Waals surface area contributed by atoms with Gasteiger partial charge in [0, 0.05) is 11.3 Å². The zero-order valence-corrected chi connectivity index (χ0v) is 17.8. The molecule has 0 radical (unpaired) electrons. The van der Waals surface area contributed by atoms with Crippen molar-refractivity contribution in [2.24, 2.45) is 0 Å². The maximum Gasteiger partial charge on any atom is 0.185 e. The molecule has 4 N–H and O–H groups in total. The normalized spacial score (nSPS) is 11.0. The second-order valence-electron chi connectivity index (χ2n) is 7.62. The van der Waals surface area contributed by atoms with Crippen LogP contribution in [0, 0.1) is 0 Å². The van der Waals surface area contributed by atoms with Gasteiger partial charge in [0.25, 0.3) is 0 Å². The van der Waals surface area contributed by atoms with Crippen molar-refractivity contribution in [2.45, 2.75) is 32.1 Å². The van der Waals surface area contributed by atoms with E-state index in [-0.39, 0.29) is 5.78 Å². The monoisotopic (exact) mass is 414 g/mol. The minimum Gasteiger partial charge on any atom is -0.491 e. The molecule has 0 saturated carbocycles. The third kappa shape index (κ3) is 7.34. The van der Waals surface area contributed by atoms with Crippen LogP contribution in [0.15, 0.2) is 78.9 Å². The predicted molar refractivity (Wildman–Crippen MR) is 129 cm³/mol. The molecule has 0 bridgehead atoms. The molecule has 0 unspecified atom stereocenters. The van der Waals surface area contributed by atoms with Gasteiger partial charge in [-0.25, -0.2) is 0 Å². The van der Waals surface area contributed by atoms with Crippen molar-refractivity contribution in [1.29, 1.82) is 0 Å². The first kappa shape index (κ1) is 22.2. The van der Waals surface area contributed by atoms with E-state index >= 15 is 0 Å². The molecule has 0 fully saturated rings. The molecule has 160 valence electrons. The predicted octanol–water partition coefficient (Wildman–Crippen LogP) is 5.93. The van der Waals surface area contributed by atoms with Crippen LogP contribution >= 0.6 is 0 Å². The molecule has 3 aromatic carbocycles. The number of carbonyl (C=O) groups is 1. The van der Waals surface area contributed by atoms with E-state index in [9.17, 15) is 4.79 Å². The Morgan fingerprint density at radius 1 is 0.839 bits per heavy atom. The van der Waals surface area contributed by atoms with Crippen LogP contribution in [0.25, 0.3) is 6.08 Å². The lowest BCUT2D eigenvalue weighted by molar-refractivity contribution is 0.104. The topological polar surface area (TPSA) is 78.3 Å². The smallest absolute Gasteiger partial charge is 0.185 e. The van der Waals surface area contributed by atoms with Crippen molar-refractivity contribution in [3.8, 4) is 5.75 Å². The van der Waals surface area contributed by atoms with Gasteiger partial charge in [-0.2, -0.15) is 0 Å². The molecular weight excluding hydrogens is 384 g/mol. The van der Waals surface area contributed by atoms with Crippen LogP contribution in [0.4, 0.5) is 11.4 Å². The van der Waals surface area contributed by atoms with Crippen LogP contribution in [0.5, 0.6) is 5.75 Å². The number of aryl methyl sites for hydroxylation is 1. The highest BCUT2D eigenvalue weighted by Gasteiger charge is 2.01. The second-order valence-corrected chi connectivity index (χ2v) is 7.62. The van der Waals surface area contributed by atoms with E-state index in [1.165, 1.54) is 5.56 Å². The van der Waals surface area contributed by atoms with Gasteiger partial charge in [0.05, 0.1) is 12.3 Å². The van der Waals surface area contributed by atoms with Gasteiger partial charge in [-0.1, -0.05) is 73.5 Å². The number of hydrogen-bond donors (Lipinski definition) is 2. The zero-order valence-electron chi connectivity index (χ0n) is 17.8. The van der Waals surface area contributed by atoms with E-state index in [2.05, 4.69) is 24.3 Å². The summed E-state index contributed by atoms with van der Waals surface area (Å²) in [6.07, 6.45) is 8.98. The molecule has 3 aromatic rings. The minimum atomic E-state index is 0.0211. The van der Waals surface area contributed by atoms with Crippen molar-refractivity contribution in [3.63, 3.8) is 0 Å². The Morgan fingerprint density at radius 3 is 2.32 bits per heavy atom. The lowest BCUT2D eigenvalue weighted by Gasteiger charge is -2.09. The van der Waals surface area contributed by atoms with Crippen LogP contribution in [-0.2, 0) is 6.42 Å². The lowest BCUT2D eigenvalue weighted by Crippen LogP contribution is -2.01. The Balaban J connectivity index is 1.32. The summed E-state index contributed by atoms with van der Waals surface area (Å²) in [5.41, 5.74) is 15.9. The van der Waals surface area contributed by atoms with Gasteiger partial charge >= 0.3 is 0 Å². The van der Waals surface area contributed by atoms with Gasteiger partial charge < -0.3 is 16.2 Å². The van der Waals surface area contributed by atoms with Gasteiger partial charge in [0.15, 0.2) is 5.78 Å². The molecule has 4 heteroatoms. The van der Waals surface area contributed by atoms with Gasteiger partial charge in [-0.15, -0.1) is 0 Å². The Morgan fingerprint density at radius 2 is 1.58 bits per heavy atom. The average molecular weight is 415 g/mol. The summed E-state index contributed by atoms with van der Waals surface area (Å²) in [4.78, 5) is 12.1. The molecule has 4 nitrogen and oxygen atoms in total. The number of hydrogen-bond acceptors (Lipinski definition) is 4. The highest BCUT2D eigenvalue weighted by atomic mass is 16.5. The summed E-state index contributed by atoms with van der Waals surface area (Å²) in [5.74, 6) is 0.724. The largest absolute Gasteiger partial charge is 0.491 e. The fourth-order valence-corrected chi connectivity index (χ4v) is 3.33. The minimum absolute atomic E-state index is 0.0211. The second kappa shape index (κ2) is 11.6.